The molecule has 0 bridgehead atoms. The summed E-state index contributed by atoms with van der Waals surface area (Å²) in [6.07, 6.45) is -0.724. The van der Waals surface area contributed by atoms with Gasteiger partial charge in [-0.05, 0) is 49.2 Å². The number of Topliss-reactive ketones (excluding diaryl/α,β-unsaturated/α-hetero) is 1. The summed E-state index contributed by atoms with van der Waals surface area (Å²) in [5.41, 5.74) is 2.15. The highest BCUT2D eigenvalue weighted by atomic mass is 32.2. The Labute approximate surface area is 180 Å². The third-order valence-corrected chi connectivity index (χ3v) is 7.27. The van der Waals surface area contributed by atoms with Crippen LogP contribution in [0.15, 0.2) is 53.4 Å². The molecule has 6 nitrogen and oxygen atoms in total. The van der Waals surface area contributed by atoms with Crippen LogP contribution < -0.4 is 0 Å². The van der Waals surface area contributed by atoms with Crippen molar-refractivity contribution in [1.82, 2.24) is 8.87 Å². The third kappa shape index (κ3) is 4.11. The molecule has 31 heavy (non-hydrogen) atoms. The summed E-state index contributed by atoms with van der Waals surface area (Å²) in [5, 5.41) is 9.56. The van der Waals surface area contributed by atoms with Gasteiger partial charge in [0.25, 0.3) is 10.0 Å². The van der Waals surface area contributed by atoms with E-state index >= 15 is 0 Å². The van der Waals surface area contributed by atoms with Crippen LogP contribution >= 0.6 is 0 Å². The van der Waals surface area contributed by atoms with Crippen molar-refractivity contribution in [1.29, 1.82) is 5.26 Å². The van der Waals surface area contributed by atoms with Crippen molar-refractivity contribution in [2.24, 2.45) is 0 Å². The van der Waals surface area contributed by atoms with E-state index in [9.17, 15) is 17.6 Å². The van der Waals surface area contributed by atoms with Crippen LogP contribution in [0.25, 0.3) is 10.9 Å². The van der Waals surface area contributed by atoms with Gasteiger partial charge in [0.15, 0.2) is 5.78 Å². The highest BCUT2D eigenvalue weighted by molar-refractivity contribution is 7.90. The molecule has 1 aliphatic heterocycles. The second-order valence-electron chi connectivity index (χ2n) is 7.88. The standard InChI is InChI=1S/C23H22FN3O3S/c1-16-2-5-20(6-3-16)31(29,30)27-21-7-4-17(14-26-11-9-19(24)15-26)12-18(21)13-22(27)23(28)8-10-25/h2-7,12-13,19H,8-9,11,14-15H2,1H3. The van der Waals surface area contributed by atoms with E-state index < -0.39 is 28.4 Å². The monoisotopic (exact) mass is 439 g/mol. The number of hydrogen-bond acceptors (Lipinski definition) is 5. The van der Waals surface area contributed by atoms with E-state index in [1.54, 1.807) is 30.3 Å². The number of carbonyl (C=O) groups is 1. The fourth-order valence-corrected chi connectivity index (χ4v) is 5.49. The molecule has 2 aromatic carbocycles. The summed E-state index contributed by atoms with van der Waals surface area (Å²) < 4.78 is 41.4. The Morgan fingerprint density at radius 1 is 1.19 bits per heavy atom. The summed E-state index contributed by atoms with van der Waals surface area (Å²) in [5.74, 6) is -0.559. The van der Waals surface area contributed by atoms with Crippen LogP contribution in [0.2, 0.25) is 0 Å². The quantitative estimate of drug-likeness (QED) is 0.545. The molecular formula is C23H22FN3O3S. The van der Waals surface area contributed by atoms with E-state index in [1.165, 1.54) is 18.2 Å². The Morgan fingerprint density at radius 2 is 1.94 bits per heavy atom. The topological polar surface area (TPSA) is 83.2 Å². The van der Waals surface area contributed by atoms with Crippen molar-refractivity contribution in [2.75, 3.05) is 13.1 Å². The molecule has 8 heteroatoms. The molecule has 0 amide bonds. The summed E-state index contributed by atoms with van der Waals surface area (Å²) in [6.45, 7) is 3.46. The first-order chi connectivity index (χ1) is 14.8. The number of nitrogens with zero attached hydrogens (tertiary/aromatic N) is 3. The van der Waals surface area contributed by atoms with Crippen molar-refractivity contribution in [3.05, 3.63) is 65.4 Å². The zero-order valence-corrected chi connectivity index (χ0v) is 17.9. The number of fused-ring (bicyclic) bond motifs is 1. The normalized spacial score (nSPS) is 17.1. The number of likely N-dealkylation sites (tertiary alicyclic amines) is 1. The number of hydrogen-bond donors (Lipinski definition) is 0. The molecule has 1 fully saturated rings. The van der Waals surface area contributed by atoms with Gasteiger partial charge < -0.3 is 0 Å². The van der Waals surface area contributed by atoms with Gasteiger partial charge in [-0.2, -0.15) is 5.26 Å². The maximum atomic E-state index is 13.5. The van der Waals surface area contributed by atoms with E-state index in [0.29, 0.717) is 37.0 Å². The molecule has 3 aromatic rings. The Bertz CT molecular complexity index is 1290. The number of benzene rings is 2. The lowest BCUT2D eigenvalue weighted by Gasteiger charge is -2.15. The smallest absolute Gasteiger partial charge is 0.268 e. The average molecular weight is 440 g/mol. The van der Waals surface area contributed by atoms with E-state index in [4.69, 9.17) is 5.26 Å². The molecule has 4 rings (SSSR count). The Hall–Kier alpha value is -3.02. The lowest BCUT2D eigenvalue weighted by atomic mass is 10.1. The molecule has 0 N–H and O–H groups in total. The number of ketones is 1. The van der Waals surface area contributed by atoms with E-state index in [0.717, 1.165) is 15.1 Å². The van der Waals surface area contributed by atoms with Crippen molar-refractivity contribution < 1.29 is 17.6 Å². The van der Waals surface area contributed by atoms with Crippen LogP contribution in [0.1, 0.15) is 34.5 Å². The fraction of sp³-hybridized carbons (Fsp3) is 0.304. The van der Waals surface area contributed by atoms with Crippen molar-refractivity contribution in [3.63, 3.8) is 0 Å². The molecule has 0 saturated carbocycles. The molecule has 0 spiro atoms. The zero-order chi connectivity index (χ0) is 22.2. The molecule has 2 heterocycles. The van der Waals surface area contributed by atoms with Gasteiger partial charge in [-0.15, -0.1) is 0 Å². The van der Waals surface area contributed by atoms with Gasteiger partial charge in [0.1, 0.15) is 18.3 Å². The van der Waals surface area contributed by atoms with Gasteiger partial charge in [-0.25, -0.2) is 16.8 Å². The Balaban J connectivity index is 1.82. The number of carbonyl (C=O) groups excluding carboxylic acids is 1. The highest BCUT2D eigenvalue weighted by Crippen LogP contribution is 2.28. The number of halogens is 1. The molecule has 1 aromatic heterocycles. The average Bonchev–Trinajstić information content (AvgIpc) is 3.32. The van der Waals surface area contributed by atoms with Gasteiger partial charge in [-0.1, -0.05) is 23.8 Å². The lowest BCUT2D eigenvalue weighted by Crippen LogP contribution is -2.20. The summed E-state index contributed by atoms with van der Waals surface area (Å²) >= 11 is 0. The highest BCUT2D eigenvalue weighted by Gasteiger charge is 2.27. The largest absolute Gasteiger partial charge is 0.296 e. The van der Waals surface area contributed by atoms with Crippen molar-refractivity contribution in [3.8, 4) is 6.07 Å². The van der Waals surface area contributed by atoms with Crippen LogP contribution in [0.3, 0.4) is 0 Å². The molecule has 0 aliphatic carbocycles. The van der Waals surface area contributed by atoms with Crippen LogP contribution in [0, 0.1) is 18.3 Å². The number of aromatic nitrogens is 1. The Morgan fingerprint density at radius 3 is 2.58 bits per heavy atom. The first-order valence-corrected chi connectivity index (χ1v) is 11.5. The van der Waals surface area contributed by atoms with Gasteiger partial charge in [0, 0.05) is 25.0 Å². The minimum atomic E-state index is -4.05. The van der Waals surface area contributed by atoms with Gasteiger partial charge >= 0.3 is 0 Å². The first-order valence-electron chi connectivity index (χ1n) is 10.0. The van der Waals surface area contributed by atoms with Crippen LogP contribution in [0.5, 0.6) is 0 Å². The number of aryl methyl sites for hydroxylation is 1. The van der Waals surface area contributed by atoms with Gasteiger partial charge in [-0.3, -0.25) is 9.69 Å². The van der Waals surface area contributed by atoms with Crippen LogP contribution in [-0.2, 0) is 16.6 Å². The number of rotatable bonds is 6. The fourth-order valence-electron chi connectivity index (χ4n) is 3.96. The molecule has 1 aliphatic rings. The summed E-state index contributed by atoms with van der Waals surface area (Å²) in [6, 6.07) is 15.0. The molecular weight excluding hydrogens is 417 g/mol. The van der Waals surface area contributed by atoms with Crippen molar-refractivity contribution >= 4 is 26.7 Å². The minimum absolute atomic E-state index is 0.0423. The predicted octanol–water partition coefficient (Wildman–Crippen LogP) is 3.83. The number of nitriles is 1. The van der Waals surface area contributed by atoms with Gasteiger partial charge in [0.2, 0.25) is 0 Å². The van der Waals surface area contributed by atoms with E-state index in [2.05, 4.69) is 0 Å². The third-order valence-electron chi connectivity index (χ3n) is 5.53. The minimum Gasteiger partial charge on any atom is -0.296 e. The van der Waals surface area contributed by atoms with Gasteiger partial charge in [0.05, 0.1) is 16.5 Å². The summed E-state index contributed by atoms with van der Waals surface area (Å²) in [7, 11) is -4.05. The van der Waals surface area contributed by atoms with Crippen molar-refractivity contribution in [2.45, 2.75) is 37.4 Å². The SMILES string of the molecule is Cc1ccc(S(=O)(=O)n2c(C(=O)CC#N)cc3cc(CN4CCC(F)C4)ccc32)cc1. The maximum Gasteiger partial charge on any atom is 0.268 e. The maximum absolute atomic E-state index is 13.5. The molecule has 1 atom stereocenters. The van der Waals surface area contributed by atoms with Crippen LogP contribution in [0.4, 0.5) is 4.39 Å². The second kappa shape index (κ2) is 8.25. The molecule has 1 saturated heterocycles. The number of alkyl halides is 1. The van der Waals surface area contributed by atoms with Crippen LogP contribution in [-0.4, -0.2) is 42.3 Å². The molecule has 0 radical (unpaired) electrons. The molecule has 160 valence electrons. The zero-order valence-electron chi connectivity index (χ0n) is 17.1. The van der Waals surface area contributed by atoms with E-state index in [1.807, 2.05) is 17.9 Å². The lowest BCUT2D eigenvalue weighted by molar-refractivity contribution is 0.0992. The Kier molecular flexibility index (Phi) is 5.65. The summed E-state index contributed by atoms with van der Waals surface area (Å²) in [4.78, 5) is 14.7. The predicted molar refractivity (Wildman–Crippen MR) is 115 cm³/mol. The van der Waals surface area contributed by atoms with E-state index in [-0.39, 0.29) is 10.6 Å². The first kappa shape index (κ1) is 21.2. The molecule has 1 unspecified atom stereocenters. The second-order valence-corrected chi connectivity index (χ2v) is 9.67.